The second kappa shape index (κ2) is 4.34. The molecule has 0 aliphatic rings. The molecule has 0 bridgehead atoms. The van der Waals surface area contributed by atoms with Crippen LogP contribution in [0.15, 0.2) is 0 Å². The maximum absolute atomic E-state index is 3.00. The summed E-state index contributed by atoms with van der Waals surface area (Å²) in [6, 6.07) is 0. The maximum Gasteiger partial charge on any atom is 0.182 e. The molecular formula is C2H4I3NS. The number of rotatable bonds is 2. The summed E-state index contributed by atoms with van der Waals surface area (Å²) in [4.78, 5) is 0. The highest BCUT2D eigenvalue weighted by molar-refractivity contribution is 14.3. The minimum Gasteiger partial charge on any atom is -0.265 e. The Labute approximate surface area is 88.7 Å². The first kappa shape index (κ1) is 9.50. The smallest absolute Gasteiger partial charge is 0.182 e. The fourth-order valence-electron chi connectivity index (χ4n) is 0.116. The van der Waals surface area contributed by atoms with E-state index >= 15 is 0 Å². The van der Waals surface area contributed by atoms with Crippen LogP contribution in [0.5, 0.6) is 0 Å². The highest BCUT2D eigenvalue weighted by Gasteiger charge is 2.15. The molecule has 0 rings (SSSR count). The van der Waals surface area contributed by atoms with Crippen molar-refractivity contribution in [1.82, 2.24) is 4.72 Å². The number of hydrogen-bond donors (Lipinski definition) is 1. The molecule has 0 heterocycles. The Morgan fingerprint density at radius 1 is 1.43 bits per heavy atom. The minimum atomic E-state index is 0.266. The van der Waals surface area contributed by atoms with E-state index in [2.05, 4.69) is 72.5 Å². The van der Waals surface area contributed by atoms with Crippen molar-refractivity contribution in [1.29, 1.82) is 0 Å². The molecule has 0 amide bonds. The van der Waals surface area contributed by atoms with E-state index in [1.807, 2.05) is 7.05 Å². The first-order chi connectivity index (χ1) is 3.06. The molecule has 0 aromatic heterocycles. The molecule has 0 atom stereocenters. The summed E-state index contributed by atoms with van der Waals surface area (Å²) in [6.07, 6.45) is 0. The third kappa shape index (κ3) is 8.50. The lowest BCUT2D eigenvalue weighted by Crippen LogP contribution is -2.01. The van der Waals surface area contributed by atoms with Gasteiger partial charge in [0.1, 0.15) is 0 Å². The molecule has 5 heteroatoms. The van der Waals surface area contributed by atoms with Crippen molar-refractivity contribution in [2.24, 2.45) is 0 Å². The van der Waals surface area contributed by atoms with Gasteiger partial charge in [-0.05, 0) is 86.8 Å². The van der Waals surface area contributed by atoms with E-state index < -0.39 is 0 Å². The zero-order valence-electron chi connectivity index (χ0n) is 3.54. The fourth-order valence-corrected chi connectivity index (χ4v) is 2.33. The van der Waals surface area contributed by atoms with Gasteiger partial charge in [0.2, 0.25) is 0 Å². The highest BCUT2D eigenvalue weighted by Crippen LogP contribution is 2.44. The summed E-state index contributed by atoms with van der Waals surface area (Å²) in [5.74, 6) is 0. The molecule has 0 saturated carbocycles. The molecule has 0 unspecified atom stereocenters. The normalized spacial score (nSPS) is 12.0. The van der Waals surface area contributed by atoms with Crippen molar-refractivity contribution >= 4 is 79.7 Å². The van der Waals surface area contributed by atoms with Gasteiger partial charge in [0.25, 0.3) is 0 Å². The van der Waals surface area contributed by atoms with Gasteiger partial charge in [0.05, 0.1) is 0 Å². The molecular weight excluding hydrogens is 451 g/mol. The maximum atomic E-state index is 3.00. The largest absolute Gasteiger partial charge is 0.265 e. The van der Waals surface area contributed by atoms with Gasteiger partial charge >= 0.3 is 0 Å². The monoisotopic (exact) mass is 455 g/mol. The SMILES string of the molecule is CNSC(I)(I)I. The summed E-state index contributed by atoms with van der Waals surface area (Å²) >= 11 is 8.75. The lowest BCUT2D eigenvalue weighted by molar-refractivity contribution is 1.30. The van der Waals surface area contributed by atoms with Crippen molar-refractivity contribution in [3.05, 3.63) is 0 Å². The van der Waals surface area contributed by atoms with Crippen LogP contribution in [0.4, 0.5) is 0 Å². The summed E-state index contributed by atoms with van der Waals surface area (Å²) in [6.45, 7) is 0. The zero-order valence-corrected chi connectivity index (χ0v) is 10.8. The van der Waals surface area contributed by atoms with Crippen LogP contribution in [-0.2, 0) is 0 Å². The van der Waals surface area contributed by atoms with Gasteiger partial charge in [0.15, 0.2) is -1.23 Å². The second-order valence-electron chi connectivity index (χ2n) is 0.752. The fraction of sp³-hybridized carbons (Fsp3) is 1.00. The number of hydrogen-bond acceptors (Lipinski definition) is 2. The Balaban J connectivity index is 3.15. The van der Waals surface area contributed by atoms with E-state index in [9.17, 15) is 0 Å². The molecule has 0 spiro atoms. The topological polar surface area (TPSA) is 12.0 Å². The summed E-state index contributed by atoms with van der Waals surface area (Å²) in [5.41, 5.74) is 0. The Bertz CT molecular complexity index is 51.4. The van der Waals surface area contributed by atoms with Crippen LogP contribution >= 0.6 is 79.7 Å². The highest BCUT2D eigenvalue weighted by atomic mass is 127. The van der Waals surface area contributed by atoms with Crippen molar-refractivity contribution in [2.45, 2.75) is -1.23 Å². The molecule has 44 valence electrons. The molecule has 0 aliphatic carbocycles. The van der Waals surface area contributed by atoms with Gasteiger partial charge in [-0.1, -0.05) is 0 Å². The summed E-state index contributed by atoms with van der Waals surface area (Å²) in [7, 11) is 1.93. The lowest BCUT2D eigenvalue weighted by Gasteiger charge is -2.07. The molecule has 0 fully saturated rings. The van der Waals surface area contributed by atoms with Crippen LogP contribution in [0.1, 0.15) is 0 Å². The van der Waals surface area contributed by atoms with E-state index in [1.54, 1.807) is 11.9 Å². The van der Waals surface area contributed by atoms with E-state index in [0.717, 1.165) is 0 Å². The van der Waals surface area contributed by atoms with Gasteiger partial charge in [-0.15, -0.1) is 0 Å². The summed E-state index contributed by atoms with van der Waals surface area (Å²) in [5, 5.41) is 0. The van der Waals surface area contributed by atoms with E-state index in [4.69, 9.17) is 0 Å². The molecule has 0 saturated heterocycles. The number of alkyl halides is 3. The molecule has 0 aliphatic heterocycles. The van der Waals surface area contributed by atoms with Crippen LogP contribution in [0.3, 0.4) is 0 Å². The van der Waals surface area contributed by atoms with Crippen molar-refractivity contribution in [2.75, 3.05) is 7.05 Å². The summed E-state index contributed by atoms with van der Waals surface area (Å²) < 4.78 is 3.27. The van der Waals surface area contributed by atoms with Crippen LogP contribution in [0, 0.1) is 0 Å². The molecule has 1 N–H and O–H groups in total. The van der Waals surface area contributed by atoms with Crippen LogP contribution in [-0.4, -0.2) is 5.81 Å². The van der Waals surface area contributed by atoms with E-state index in [0.29, 0.717) is 0 Å². The van der Waals surface area contributed by atoms with E-state index in [-0.39, 0.29) is -1.23 Å². The zero-order chi connectivity index (χ0) is 5.91. The molecule has 7 heavy (non-hydrogen) atoms. The van der Waals surface area contributed by atoms with Crippen LogP contribution < -0.4 is 4.72 Å². The quantitative estimate of drug-likeness (QED) is 0.391. The first-order valence-electron chi connectivity index (χ1n) is 1.48. The standard InChI is InChI=1S/C2H4I3NS/c1-6-7-2(3,4)5/h6H,1H3. The predicted octanol–water partition coefficient (Wildman–Crippen LogP) is 2.77. The molecule has 1 nitrogen and oxygen atoms in total. The average Bonchev–Trinajstić information content (AvgIpc) is 1.30. The molecule has 0 aromatic carbocycles. The van der Waals surface area contributed by atoms with Crippen molar-refractivity contribution in [3.8, 4) is 0 Å². The Hall–Kier alpha value is 2.50. The molecule has 0 aromatic rings. The Morgan fingerprint density at radius 3 is 1.86 bits per heavy atom. The van der Waals surface area contributed by atoms with E-state index in [1.165, 1.54) is 0 Å². The Kier molecular flexibility index (Phi) is 5.89. The Morgan fingerprint density at radius 2 is 1.86 bits per heavy atom. The predicted molar refractivity (Wildman–Crippen MR) is 61.4 cm³/mol. The number of halogens is 3. The minimum absolute atomic E-state index is 0.266. The lowest BCUT2D eigenvalue weighted by atomic mass is 11.6. The van der Waals surface area contributed by atoms with Gasteiger partial charge in [-0.25, -0.2) is 0 Å². The second-order valence-corrected chi connectivity index (χ2v) is 15.2. The van der Waals surface area contributed by atoms with Gasteiger partial charge in [0, 0.05) is 0 Å². The van der Waals surface area contributed by atoms with Crippen molar-refractivity contribution in [3.63, 3.8) is 0 Å². The van der Waals surface area contributed by atoms with Gasteiger partial charge < -0.3 is 0 Å². The third-order valence-corrected chi connectivity index (χ3v) is 2.64. The van der Waals surface area contributed by atoms with Crippen LogP contribution in [0.25, 0.3) is 0 Å². The molecule has 0 radical (unpaired) electrons. The van der Waals surface area contributed by atoms with Crippen molar-refractivity contribution < 1.29 is 0 Å². The van der Waals surface area contributed by atoms with Gasteiger partial charge in [-0.3, -0.25) is 4.72 Å². The average molecular weight is 455 g/mol. The number of nitrogens with one attached hydrogen (secondary N) is 1. The van der Waals surface area contributed by atoms with Gasteiger partial charge in [-0.2, -0.15) is 0 Å². The third-order valence-electron chi connectivity index (χ3n) is 0.218. The van der Waals surface area contributed by atoms with Crippen LogP contribution in [0.2, 0.25) is 0 Å². The first-order valence-corrected chi connectivity index (χ1v) is 5.53.